The molecule has 0 atom stereocenters. The Hall–Kier alpha value is -2.20. The fourth-order valence-electron chi connectivity index (χ4n) is 3.43. The van der Waals surface area contributed by atoms with E-state index in [0.717, 1.165) is 61.8 Å². The molecule has 1 aliphatic heterocycles. The zero-order valence-electron chi connectivity index (χ0n) is 16.5. The lowest BCUT2D eigenvalue weighted by Gasteiger charge is -2.29. The molecule has 0 saturated carbocycles. The molecule has 0 spiro atoms. The molecule has 1 aliphatic rings. The van der Waals surface area contributed by atoms with Gasteiger partial charge in [0.05, 0.1) is 25.9 Å². The van der Waals surface area contributed by atoms with Crippen LogP contribution in [-0.2, 0) is 13.0 Å². The lowest BCUT2D eigenvalue weighted by Crippen LogP contribution is -2.31. The van der Waals surface area contributed by atoms with E-state index in [-0.39, 0.29) is 0 Å². The van der Waals surface area contributed by atoms with Crippen molar-refractivity contribution in [3.05, 3.63) is 53.1 Å². The van der Waals surface area contributed by atoms with Gasteiger partial charge in [-0.3, -0.25) is 9.62 Å². The van der Waals surface area contributed by atoms with Gasteiger partial charge in [0, 0.05) is 24.5 Å². The highest BCUT2D eigenvalue weighted by atomic mass is 32.2. The number of hydrogen-bond donors (Lipinski definition) is 1. The van der Waals surface area contributed by atoms with Crippen molar-refractivity contribution in [1.82, 2.24) is 9.62 Å². The number of benzene rings is 2. The Kier molecular flexibility index (Phi) is 7.61. The highest BCUT2D eigenvalue weighted by Gasteiger charge is 2.19. The maximum absolute atomic E-state index is 8.95. The summed E-state index contributed by atoms with van der Waals surface area (Å²) in [7, 11) is 3.37. The highest BCUT2D eigenvalue weighted by Crippen LogP contribution is 2.33. The number of unbranched alkanes of at least 4 members (excludes halogenated alkanes) is 1. The van der Waals surface area contributed by atoms with Gasteiger partial charge in [0.25, 0.3) is 0 Å². The molecule has 0 amide bonds. The first-order valence-electron chi connectivity index (χ1n) is 9.59. The van der Waals surface area contributed by atoms with Crippen LogP contribution in [-0.4, -0.2) is 38.8 Å². The maximum atomic E-state index is 8.95. The van der Waals surface area contributed by atoms with Gasteiger partial charge in [0.2, 0.25) is 0 Å². The third-order valence-corrected chi connectivity index (χ3v) is 5.79. The number of fused-ring (bicyclic) bond motifs is 1. The van der Waals surface area contributed by atoms with Crippen LogP contribution in [0.5, 0.6) is 11.5 Å². The van der Waals surface area contributed by atoms with Gasteiger partial charge in [0.15, 0.2) is 11.5 Å². The first-order valence-corrected chi connectivity index (χ1v) is 10.4. The average molecular weight is 398 g/mol. The second kappa shape index (κ2) is 10.4. The number of methoxy groups -OCH3 is 2. The van der Waals surface area contributed by atoms with E-state index in [1.54, 1.807) is 26.2 Å². The Morgan fingerprint density at radius 2 is 1.89 bits per heavy atom. The van der Waals surface area contributed by atoms with E-state index in [4.69, 9.17) is 14.7 Å². The van der Waals surface area contributed by atoms with Crippen molar-refractivity contribution >= 4 is 11.9 Å². The minimum Gasteiger partial charge on any atom is -0.493 e. The van der Waals surface area contributed by atoms with E-state index < -0.39 is 0 Å². The minimum absolute atomic E-state index is 0.700. The third-order valence-electron chi connectivity index (χ3n) is 4.95. The van der Waals surface area contributed by atoms with E-state index in [1.807, 2.05) is 24.3 Å². The number of nitrogens with zero attached hydrogens (tertiary/aromatic N) is 2. The summed E-state index contributed by atoms with van der Waals surface area (Å²) >= 11 is 1.59. The first-order chi connectivity index (χ1) is 13.7. The van der Waals surface area contributed by atoms with Crippen molar-refractivity contribution in [3.8, 4) is 17.6 Å². The van der Waals surface area contributed by atoms with Gasteiger partial charge in [-0.05, 0) is 79.2 Å². The Bertz CT molecular complexity index is 835. The van der Waals surface area contributed by atoms with Gasteiger partial charge < -0.3 is 9.47 Å². The van der Waals surface area contributed by atoms with Gasteiger partial charge >= 0.3 is 0 Å². The molecule has 0 radical (unpaired) electrons. The Morgan fingerprint density at radius 1 is 1.11 bits per heavy atom. The van der Waals surface area contributed by atoms with Crippen molar-refractivity contribution in [2.45, 2.75) is 30.7 Å². The van der Waals surface area contributed by atoms with Gasteiger partial charge in [-0.2, -0.15) is 5.26 Å². The van der Waals surface area contributed by atoms with E-state index in [1.165, 1.54) is 11.1 Å². The Labute approximate surface area is 171 Å². The predicted octanol–water partition coefficient (Wildman–Crippen LogP) is 4.01. The van der Waals surface area contributed by atoms with Crippen LogP contribution >= 0.6 is 11.9 Å². The zero-order chi connectivity index (χ0) is 19.8. The van der Waals surface area contributed by atoms with Crippen LogP contribution < -0.4 is 14.2 Å². The summed E-state index contributed by atoms with van der Waals surface area (Å²) in [5, 5.41) is 8.95. The Morgan fingerprint density at radius 3 is 2.64 bits per heavy atom. The fourth-order valence-corrected chi connectivity index (χ4v) is 4.17. The van der Waals surface area contributed by atoms with Crippen molar-refractivity contribution in [2.75, 3.05) is 33.9 Å². The zero-order valence-corrected chi connectivity index (χ0v) is 17.3. The molecule has 3 rings (SSSR count). The van der Waals surface area contributed by atoms with E-state index in [0.29, 0.717) is 5.56 Å². The molecular weight excluding hydrogens is 370 g/mol. The summed E-state index contributed by atoms with van der Waals surface area (Å²) in [6.07, 6.45) is 3.34. The van der Waals surface area contributed by atoms with Crippen molar-refractivity contribution in [3.63, 3.8) is 0 Å². The SMILES string of the molecule is COc1cc2c(cc1OC)CN(CCCCNSc1cccc(C#N)c1)CC2. The van der Waals surface area contributed by atoms with Crippen molar-refractivity contribution in [2.24, 2.45) is 0 Å². The number of nitriles is 1. The van der Waals surface area contributed by atoms with E-state index in [2.05, 4.69) is 27.8 Å². The summed E-state index contributed by atoms with van der Waals surface area (Å²) in [6.45, 7) is 4.12. The highest BCUT2D eigenvalue weighted by molar-refractivity contribution is 7.97. The molecule has 2 aromatic rings. The van der Waals surface area contributed by atoms with Gasteiger partial charge in [-0.15, -0.1) is 0 Å². The number of rotatable bonds is 9. The van der Waals surface area contributed by atoms with Gasteiger partial charge in [-0.1, -0.05) is 6.07 Å². The molecule has 1 N–H and O–H groups in total. The molecule has 0 bridgehead atoms. The molecule has 2 aromatic carbocycles. The maximum Gasteiger partial charge on any atom is 0.161 e. The molecule has 1 heterocycles. The number of nitrogens with one attached hydrogen (secondary N) is 1. The summed E-state index contributed by atoms with van der Waals surface area (Å²) < 4.78 is 14.2. The van der Waals surface area contributed by atoms with Gasteiger partial charge in [-0.25, -0.2) is 0 Å². The number of hydrogen-bond acceptors (Lipinski definition) is 6. The largest absolute Gasteiger partial charge is 0.493 e. The van der Waals surface area contributed by atoms with E-state index in [9.17, 15) is 0 Å². The van der Waals surface area contributed by atoms with Crippen LogP contribution in [0.2, 0.25) is 0 Å². The fraction of sp³-hybridized carbons (Fsp3) is 0.409. The van der Waals surface area contributed by atoms with Crippen LogP contribution in [0.15, 0.2) is 41.3 Å². The molecule has 0 aliphatic carbocycles. The topological polar surface area (TPSA) is 57.5 Å². The molecule has 0 saturated heterocycles. The average Bonchev–Trinajstić information content (AvgIpc) is 2.75. The third kappa shape index (κ3) is 5.41. The lowest BCUT2D eigenvalue weighted by molar-refractivity contribution is 0.248. The molecular formula is C22H27N3O2S. The standard InChI is InChI=1S/C22H27N3O2S/c1-26-21-13-18-8-11-25(16-19(18)14-22(21)27-2)10-4-3-9-24-28-20-7-5-6-17(12-20)15-23/h5-7,12-14,24H,3-4,8-11,16H2,1-2H3. The second-order valence-electron chi connectivity index (χ2n) is 6.85. The molecule has 5 nitrogen and oxygen atoms in total. The van der Waals surface area contributed by atoms with Gasteiger partial charge in [0.1, 0.15) is 0 Å². The lowest BCUT2D eigenvalue weighted by atomic mass is 9.98. The molecule has 148 valence electrons. The van der Waals surface area contributed by atoms with Crippen molar-refractivity contribution in [1.29, 1.82) is 5.26 Å². The second-order valence-corrected chi connectivity index (χ2v) is 7.81. The molecule has 6 heteroatoms. The normalized spacial score (nSPS) is 13.6. The minimum atomic E-state index is 0.700. The summed E-state index contributed by atoms with van der Waals surface area (Å²) in [6, 6.07) is 14.1. The summed E-state index contributed by atoms with van der Waals surface area (Å²) in [4.78, 5) is 3.59. The van der Waals surface area contributed by atoms with Crippen LogP contribution in [0.25, 0.3) is 0 Å². The Balaban J connectivity index is 1.39. The first kappa shape index (κ1) is 20.5. The molecule has 28 heavy (non-hydrogen) atoms. The van der Waals surface area contributed by atoms with Crippen LogP contribution in [0.1, 0.15) is 29.5 Å². The van der Waals surface area contributed by atoms with Crippen molar-refractivity contribution < 1.29 is 9.47 Å². The number of ether oxygens (including phenoxy) is 2. The predicted molar refractivity (Wildman–Crippen MR) is 113 cm³/mol. The van der Waals surface area contributed by atoms with Crippen LogP contribution in [0.3, 0.4) is 0 Å². The summed E-state index contributed by atoms with van der Waals surface area (Å²) in [5.41, 5.74) is 3.41. The van der Waals surface area contributed by atoms with Crippen LogP contribution in [0.4, 0.5) is 0 Å². The molecule has 0 fully saturated rings. The monoisotopic (exact) mass is 397 g/mol. The van der Waals surface area contributed by atoms with E-state index >= 15 is 0 Å². The summed E-state index contributed by atoms with van der Waals surface area (Å²) in [5.74, 6) is 1.63. The quantitative estimate of drug-likeness (QED) is 0.510. The van der Waals surface area contributed by atoms with Crippen LogP contribution in [0, 0.1) is 11.3 Å². The molecule has 0 aromatic heterocycles. The smallest absolute Gasteiger partial charge is 0.161 e. The molecule has 0 unspecified atom stereocenters.